The molecule has 9 heteroatoms. The second-order valence-corrected chi connectivity index (χ2v) is 9.07. The molecule has 2 aromatic rings. The number of aromatic nitrogens is 2. The number of amides is 1. The fourth-order valence-electron chi connectivity index (χ4n) is 3.74. The molecule has 2 aliphatic heterocycles. The summed E-state index contributed by atoms with van der Waals surface area (Å²) < 4.78 is 33.5. The predicted octanol–water partition coefficient (Wildman–Crippen LogP) is 1.47. The van der Waals surface area contributed by atoms with Crippen LogP contribution in [0.25, 0.3) is 0 Å². The molecule has 3 heterocycles. The van der Waals surface area contributed by atoms with Gasteiger partial charge in [0.05, 0.1) is 17.9 Å². The van der Waals surface area contributed by atoms with Crippen LogP contribution in [0.1, 0.15) is 29.0 Å². The summed E-state index contributed by atoms with van der Waals surface area (Å²) in [5.41, 5.74) is 1.04. The van der Waals surface area contributed by atoms with Crippen LogP contribution >= 0.6 is 0 Å². The van der Waals surface area contributed by atoms with Crippen LogP contribution in [0.15, 0.2) is 41.6 Å². The first-order chi connectivity index (χ1) is 13.4. The SMILES string of the molecule is Cc1cnc(C(=O)N2CC[C@@H]3Oc4ccccc4S(=O)(=O)N(C)[C@H]3CC2)cn1. The zero-order valence-electron chi connectivity index (χ0n) is 15.8. The Labute approximate surface area is 164 Å². The Bertz CT molecular complexity index is 993. The van der Waals surface area contributed by atoms with E-state index in [2.05, 4.69) is 9.97 Å². The van der Waals surface area contributed by atoms with Crippen LogP contribution in [-0.2, 0) is 10.0 Å². The minimum Gasteiger partial charge on any atom is -0.487 e. The number of hydrogen-bond acceptors (Lipinski definition) is 6. The summed E-state index contributed by atoms with van der Waals surface area (Å²) in [5.74, 6) is 0.167. The molecule has 4 rings (SSSR count). The van der Waals surface area contributed by atoms with Crippen LogP contribution in [0.5, 0.6) is 5.75 Å². The third-order valence-electron chi connectivity index (χ3n) is 5.35. The van der Waals surface area contributed by atoms with E-state index in [1.54, 1.807) is 42.4 Å². The van der Waals surface area contributed by atoms with Gasteiger partial charge in [0.1, 0.15) is 22.4 Å². The highest BCUT2D eigenvalue weighted by Crippen LogP contribution is 2.35. The molecular weight excluding hydrogens is 380 g/mol. The second kappa shape index (κ2) is 7.14. The summed E-state index contributed by atoms with van der Waals surface area (Å²) in [4.78, 5) is 23.0. The minimum absolute atomic E-state index is 0.188. The van der Waals surface area contributed by atoms with Crippen LogP contribution in [0.4, 0.5) is 0 Å². The molecule has 148 valence electrons. The van der Waals surface area contributed by atoms with Gasteiger partial charge in [0.25, 0.3) is 5.91 Å². The topological polar surface area (TPSA) is 92.7 Å². The number of carbonyl (C=O) groups is 1. The zero-order valence-corrected chi connectivity index (χ0v) is 16.6. The number of hydrogen-bond donors (Lipinski definition) is 0. The van der Waals surface area contributed by atoms with Crippen LogP contribution in [0, 0.1) is 6.92 Å². The Balaban J connectivity index is 1.60. The summed E-state index contributed by atoms with van der Waals surface area (Å²) in [6.45, 7) is 2.70. The molecule has 0 spiro atoms. The number of likely N-dealkylation sites (tertiary alicyclic amines) is 1. The molecule has 2 atom stereocenters. The summed E-state index contributed by atoms with van der Waals surface area (Å²) in [6, 6.07) is 6.35. The highest BCUT2D eigenvalue weighted by atomic mass is 32.2. The van der Waals surface area contributed by atoms with Crippen molar-refractivity contribution in [3.05, 3.63) is 48.0 Å². The highest BCUT2D eigenvalue weighted by Gasteiger charge is 2.41. The summed E-state index contributed by atoms with van der Waals surface area (Å²) in [6.07, 6.45) is 3.73. The molecule has 1 amide bonds. The second-order valence-electron chi connectivity index (χ2n) is 7.10. The third kappa shape index (κ3) is 3.24. The summed E-state index contributed by atoms with van der Waals surface area (Å²) in [5, 5.41) is 0. The standard InChI is InChI=1S/C19H22N4O4S/c1-13-11-21-14(12-20-13)19(24)23-9-7-15-16(8-10-23)27-17-5-3-4-6-18(17)28(25,26)22(15)2/h3-6,11-12,15-16H,7-10H2,1-2H3/t15-,16-/m0/s1. The van der Waals surface area contributed by atoms with E-state index in [0.29, 0.717) is 37.4 Å². The lowest BCUT2D eigenvalue weighted by molar-refractivity contribution is 0.0749. The van der Waals surface area contributed by atoms with Crippen molar-refractivity contribution in [2.24, 2.45) is 0 Å². The van der Waals surface area contributed by atoms with Gasteiger partial charge in [0, 0.05) is 32.8 Å². The first-order valence-corrected chi connectivity index (χ1v) is 10.6. The van der Waals surface area contributed by atoms with E-state index in [1.165, 1.54) is 10.5 Å². The fourth-order valence-corrected chi connectivity index (χ4v) is 5.27. The molecule has 0 bridgehead atoms. The molecule has 1 fully saturated rings. The third-order valence-corrected chi connectivity index (χ3v) is 7.27. The number of sulfonamides is 1. The molecule has 1 aromatic carbocycles. The number of carbonyl (C=O) groups excluding carboxylic acids is 1. The van der Waals surface area contributed by atoms with E-state index in [-0.39, 0.29) is 22.9 Å². The number of ether oxygens (including phenoxy) is 1. The van der Waals surface area contributed by atoms with Gasteiger partial charge in [-0.3, -0.25) is 9.78 Å². The normalized spacial score (nSPS) is 24.3. The van der Waals surface area contributed by atoms with Crippen molar-refractivity contribution in [2.45, 2.75) is 36.8 Å². The van der Waals surface area contributed by atoms with E-state index in [1.807, 2.05) is 6.92 Å². The first kappa shape index (κ1) is 18.8. The molecule has 1 saturated heterocycles. The number of rotatable bonds is 1. The number of aryl methyl sites for hydroxylation is 1. The fraction of sp³-hybridized carbons (Fsp3) is 0.421. The Morgan fingerprint density at radius 2 is 1.89 bits per heavy atom. The molecular formula is C19H22N4O4S. The van der Waals surface area contributed by atoms with Crippen molar-refractivity contribution in [1.82, 2.24) is 19.2 Å². The first-order valence-electron chi connectivity index (χ1n) is 9.19. The smallest absolute Gasteiger partial charge is 0.274 e. The van der Waals surface area contributed by atoms with Crippen LogP contribution in [0.3, 0.4) is 0 Å². The minimum atomic E-state index is -3.66. The quantitative estimate of drug-likeness (QED) is 0.717. The Morgan fingerprint density at radius 1 is 1.14 bits per heavy atom. The van der Waals surface area contributed by atoms with E-state index in [0.717, 1.165) is 5.69 Å². The zero-order chi connectivity index (χ0) is 19.9. The van der Waals surface area contributed by atoms with E-state index in [4.69, 9.17) is 4.74 Å². The number of benzene rings is 1. The predicted molar refractivity (Wildman–Crippen MR) is 102 cm³/mol. The van der Waals surface area contributed by atoms with Crippen molar-refractivity contribution in [1.29, 1.82) is 0 Å². The van der Waals surface area contributed by atoms with E-state index < -0.39 is 10.0 Å². The van der Waals surface area contributed by atoms with Crippen LogP contribution in [0.2, 0.25) is 0 Å². The van der Waals surface area contributed by atoms with Gasteiger partial charge in [-0.25, -0.2) is 13.4 Å². The van der Waals surface area contributed by atoms with Gasteiger partial charge in [-0.2, -0.15) is 4.31 Å². The van der Waals surface area contributed by atoms with Gasteiger partial charge in [0.2, 0.25) is 10.0 Å². The molecule has 0 radical (unpaired) electrons. The molecule has 0 aliphatic carbocycles. The number of nitrogens with zero attached hydrogens (tertiary/aromatic N) is 4. The van der Waals surface area contributed by atoms with E-state index in [9.17, 15) is 13.2 Å². The molecule has 28 heavy (non-hydrogen) atoms. The van der Waals surface area contributed by atoms with E-state index >= 15 is 0 Å². The molecule has 0 N–H and O–H groups in total. The van der Waals surface area contributed by atoms with Crippen LogP contribution in [-0.4, -0.2) is 65.8 Å². The summed E-state index contributed by atoms with van der Waals surface area (Å²) >= 11 is 0. The Hall–Kier alpha value is -2.52. The van der Waals surface area contributed by atoms with Gasteiger partial charge in [0.15, 0.2) is 0 Å². The van der Waals surface area contributed by atoms with Gasteiger partial charge >= 0.3 is 0 Å². The lowest BCUT2D eigenvalue weighted by atomic mass is 10.1. The van der Waals surface area contributed by atoms with Crippen molar-refractivity contribution in [3.8, 4) is 5.75 Å². The number of para-hydroxylation sites is 1. The maximum atomic E-state index is 13.0. The Kier molecular flexibility index (Phi) is 4.80. The number of fused-ring (bicyclic) bond motifs is 2. The molecule has 8 nitrogen and oxygen atoms in total. The van der Waals surface area contributed by atoms with Gasteiger partial charge in [-0.1, -0.05) is 12.1 Å². The highest BCUT2D eigenvalue weighted by molar-refractivity contribution is 7.89. The van der Waals surface area contributed by atoms with Crippen molar-refractivity contribution < 1.29 is 17.9 Å². The van der Waals surface area contributed by atoms with Gasteiger partial charge in [-0.15, -0.1) is 0 Å². The Morgan fingerprint density at radius 3 is 2.64 bits per heavy atom. The average Bonchev–Trinajstić information content (AvgIpc) is 2.93. The van der Waals surface area contributed by atoms with Gasteiger partial charge in [-0.05, 0) is 25.5 Å². The summed E-state index contributed by atoms with van der Waals surface area (Å²) in [7, 11) is -2.07. The lowest BCUT2D eigenvalue weighted by Crippen LogP contribution is -2.44. The van der Waals surface area contributed by atoms with Crippen molar-refractivity contribution in [2.75, 3.05) is 20.1 Å². The average molecular weight is 402 g/mol. The van der Waals surface area contributed by atoms with Crippen LogP contribution < -0.4 is 4.74 Å². The molecule has 0 unspecified atom stereocenters. The lowest BCUT2D eigenvalue weighted by Gasteiger charge is -2.28. The molecule has 2 aliphatic rings. The van der Waals surface area contributed by atoms with Gasteiger partial charge < -0.3 is 9.64 Å². The molecule has 1 aromatic heterocycles. The largest absolute Gasteiger partial charge is 0.487 e. The maximum absolute atomic E-state index is 13.0. The molecule has 0 saturated carbocycles. The monoisotopic (exact) mass is 402 g/mol. The maximum Gasteiger partial charge on any atom is 0.274 e. The van der Waals surface area contributed by atoms with Crippen molar-refractivity contribution in [3.63, 3.8) is 0 Å². The number of likely N-dealkylation sites (N-methyl/N-ethyl adjacent to an activating group) is 1. The van der Waals surface area contributed by atoms with Crippen molar-refractivity contribution >= 4 is 15.9 Å².